The van der Waals surface area contributed by atoms with Gasteiger partial charge in [0, 0.05) is 5.92 Å². The van der Waals surface area contributed by atoms with Crippen LogP contribution in [0.2, 0.25) is 19.6 Å². The molecule has 2 atom stereocenters. The Morgan fingerprint density at radius 2 is 1.80 bits per heavy atom. The summed E-state index contributed by atoms with van der Waals surface area (Å²) < 4.78 is 0. The van der Waals surface area contributed by atoms with Gasteiger partial charge in [0.25, 0.3) is 0 Å². The van der Waals surface area contributed by atoms with Crippen LogP contribution < -0.4 is 0 Å². The maximum absolute atomic E-state index is 10.4. The molecular formula is C17H34O2Si. The zero-order valence-corrected chi connectivity index (χ0v) is 15.5. The second kappa shape index (κ2) is 8.19. The molecule has 0 saturated carbocycles. The molecule has 0 bridgehead atoms. The molecule has 0 aromatic carbocycles. The summed E-state index contributed by atoms with van der Waals surface area (Å²) in [6.45, 7) is 14.5. The van der Waals surface area contributed by atoms with Crippen LogP contribution in [0.1, 0.15) is 53.4 Å². The molecule has 0 aromatic rings. The largest absolute Gasteiger partial charge is 0.390 e. The first kappa shape index (κ1) is 19.7. The number of aliphatic hydroxyl groups excluding tert-OH is 1. The third-order valence-corrected chi connectivity index (χ3v) is 5.92. The highest BCUT2D eigenvalue weighted by atomic mass is 28.3. The number of hydrogen-bond acceptors (Lipinski definition) is 2. The van der Waals surface area contributed by atoms with E-state index >= 15 is 0 Å². The minimum atomic E-state index is -1.59. The molecule has 0 aliphatic carbocycles. The van der Waals surface area contributed by atoms with E-state index < -0.39 is 13.7 Å². The lowest BCUT2D eigenvalue weighted by Gasteiger charge is -2.25. The van der Waals surface area contributed by atoms with Crippen LogP contribution in [-0.2, 0) is 0 Å². The Labute approximate surface area is 126 Å². The number of hydrogen-bond donors (Lipinski definition) is 2. The summed E-state index contributed by atoms with van der Waals surface area (Å²) in [5.74, 6) is 0.0247. The summed E-state index contributed by atoms with van der Waals surface area (Å²) in [4.78, 5) is 0. The Bertz CT molecular complexity index is 341. The van der Waals surface area contributed by atoms with E-state index in [1.165, 1.54) is 12.8 Å². The summed E-state index contributed by atoms with van der Waals surface area (Å²) in [6.07, 6.45) is 5.78. The Kier molecular flexibility index (Phi) is 8.05. The highest BCUT2D eigenvalue weighted by Gasteiger charge is 2.26. The molecule has 0 unspecified atom stereocenters. The topological polar surface area (TPSA) is 40.5 Å². The molecule has 0 amide bonds. The lowest BCUT2D eigenvalue weighted by molar-refractivity contribution is 0.0441. The van der Waals surface area contributed by atoms with Crippen LogP contribution in [0.15, 0.2) is 17.0 Å². The summed E-state index contributed by atoms with van der Waals surface area (Å²) in [6, 6.07) is 0. The van der Waals surface area contributed by atoms with E-state index in [4.69, 9.17) is 0 Å². The van der Waals surface area contributed by atoms with Gasteiger partial charge in [-0.05, 0) is 31.5 Å². The Morgan fingerprint density at radius 1 is 1.25 bits per heavy atom. The molecule has 0 aliphatic rings. The summed E-state index contributed by atoms with van der Waals surface area (Å²) in [5.41, 5.74) is 2.59. The zero-order valence-electron chi connectivity index (χ0n) is 14.5. The van der Waals surface area contributed by atoms with Gasteiger partial charge in [0.05, 0.1) is 19.8 Å². The molecule has 0 rings (SSSR count). The smallest absolute Gasteiger partial charge is 0.0857 e. The Balaban J connectivity index is 5.12. The second-order valence-corrected chi connectivity index (χ2v) is 12.5. The predicted octanol–water partition coefficient (Wildman–Crippen LogP) is 4.29. The van der Waals surface area contributed by atoms with E-state index in [-0.39, 0.29) is 12.0 Å². The number of rotatable bonds is 8. The van der Waals surface area contributed by atoms with Crippen molar-refractivity contribution >= 4 is 8.07 Å². The fraction of sp³-hybridized carbons (Fsp3) is 0.824. The first-order valence-corrected chi connectivity index (χ1v) is 11.4. The zero-order chi connectivity index (χ0) is 16.0. The molecule has 0 aromatic heterocycles. The van der Waals surface area contributed by atoms with Gasteiger partial charge in [0.1, 0.15) is 0 Å². The van der Waals surface area contributed by atoms with Crippen LogP contribution >= 0.6 is 0 Å². The number of aliphatic hydroxyl groups is 2. The minimum absolute atomic E-state index is 0.0247. The second-order valence-electron chi connectivity index (χ2n) is 7.43. The summed E-state index contributed by atoms with van der Waals surface area (Å²) in [7, 11) is -1.59. The van der Waals surface area contributed by atoms with Gasteiger partial charge in [0.15, 0.2) is 0 Å². The first-order chi connectivity index (χ1) is 9.00. The van der Waals surface area contributed by atoms with E-state index in [1.807, 2.05) is 26.8 Å². The van der Waals surface area contributed by atoms with Crippen molar-refractivity contribution < 1.29 is 10.2 Å². The van der Waals surface area contributed by atoms with Crippen LogP contribution in [-0.4, -0.2) is 30.0 Å². The van der Waals surface area contributed by atoms with Crippen molar-refractivity contribution in [1.82, 2.24) is 0 Å². The highest BCUT2D eigenvalue weighted by Crippen LogP contribution is 2.23. The molecule has 0 heterocycles. The van der Waals surface area contributed by atoms with Gasteiger partial charge in [0.2, 0.25) is 0 Å². The third kappa shape index (κ3) is 7.44. The van der Waals surface area contributed by atoms with Crippen LogP contribution in [0.4, 0.5) is 0 Å². The van der Waals surface area contributed by atoms with Crippen molar-refractivity contribution in [3.8, 4) is 0 Å². The van der Waals surface area contributed by atoms with Crippen LogP contribution in [0, 0.1) is 5.92 Å². The van der Waals surface area contributed by atoms with E-state index in [1.54, 1.807) is 0 Å². The number of unbranched alkanes of at least 4 members (excludes halogenated alkanes) is 2. The molecule has 0 fully saturated rings. The van der Waals surface area contributed by atoms with Gasteiger partial charge < -0.3 is 10.2 Å². The lowest BCUT2D eigenvalue weighted by atomic mass is 9.93. The lowest BCUT2D eigenvalue weighted by Crippen LogP contribution is -2.32. The average molecular weight is 299 g/mol. The van der Waals surface area contributed by atoms with Crippen molar-refractivity contribution in [2.75, 3.05) is 0 Å². The van der Waals surface area contributed by atoms with Crippen molar-refractivity contribution in [3.63, 3.8) is 0 Å². The molecule has 3 heteroatoms. The van der Waals surface area contributed by atoms with Gasteiger partial charge in [-0.25, -0.2) is 0 Å². The van der Waals surface area contributed by atoms with Crippen molar-refractivity contribution in [1.29, 1.82) is 0 Å². The van der Waals surface area contributed by atoms with Crippen molar-refractivity contribution in [3.05, 3.63) is 17.0 Å². The summed E-state index contributed by atoms with van der Waals surface area (Å²) in [5, 5.41) is 21.5. The molecule has 2 N–H and O–H groups in total. The van der Waals surface area contributed by atoms with Gasteiger partial charge in [-0.3, -0.25) is 0 Å². The van der Waals surface area contributed by atoms with Gasteiger partial charge in [-0.15, -0.1) is 5.73 Å². The predicted molar refractivity (Wildman–Crippen MR) is 90.6 cm³/mol. The maximum Gasteiger partial charge on any atom is 0.0857 e. The Morgan fingerprint density at radius 3 is 2.20 bits per heavy atom. The molecule has 2 nitrogen and oxygen atoms in total. The fourth-order valence-corrected chi connectivity index (χ4v) is 3.62. The molecule has 118 valence electrons. The highest BCUT2D eigenvalue weighted by molar-refractivity contribution is 6.83. The van der Waals surface area contributed by atoms with E-state index in [2.05, 4.69) is 32.3 Å². The van der Waals surface area contributed by atoms with E-state index in [0.29, 0.717) is 0 Å². The van der Waals surface area contributed by atoms with Crippen molar-refractivity contribution in [2.45, 2.75) is 84.7 Å². The summed E-state index contributed by atoms with van der Waals surface area (Å²) >= 11 is 0. The molecule has 0 aliphatic heterocycles. The van der Waals surface area contributed by atoms with Gasteiger partial charge in [-0.2, -0.15) is 0 Å². The monoisotopic (exact) mass is 298 g/mol. The maximum atomic E-state index is 10.4. The SMILES string of the molecule is CCCCC[C@@H](O)C(=C=C[C@@H](C)C(C)(C)O)[Si](C)(C)C. The van der Waals surface area contributed by atoms with Gasteiger partial charge >= 0.3 is 0 Å². The molecule has 0 saturated heterocycles. The third-order valence-electron chi connectivity index (χ3n) is 3.83. The first-order valence-electron chi connectivity index (χ1n) is 7.87. The van der Waals surface area contributed by atoms with Crippen LogP contribution in [0.3, 0.4) is 0 Å². The van der Waals surface area contributed by atoms with Crippen LogP contribution in [0.5, 0.6) is 0 Å². The standard InChI is InChI=1S/C17H34O2Si/c1-8-9-10-11-15(18)16(20(5,6)7)13-12-14(2)17(3,4)19/h12,14-15,18-19H,8-11H2,1-7H3/t13?,14-,15-/m1/s1. The quantitative estimate of drug-likeness (QED) is 0.398. The Hall–Kier alpha value is -0.343. The van der Waals surface area contributed by atoms with E-state index in [0.717, 1.165) is 18.0 Å². The minimum Gasteiger partial charge on any atom is -0.390 e. The normalized spacial score (nSPS) is 15.4. The molecule has 20 heavy (non-hydrogen) atoms. The molecule has 0 radical (unpaired) electrons. The fourth-order valence-electron chi connectivity index (χ4n) is 1.96. The van der Waals surface area contributed by atoms with Gasteiger partial charge in [-0.1, -0.05) is 52.8 Å². The van der Waals surface area contributed by atoms with Crippen molar-refractivity contribution in [2.24, 2.45) is 5.92 Å². The van der Waals surface area contributed by atoms with Crippen LogP contribution in [0.25, 0.3) is 0 Å². The molecule has 0 spiro atoms. The average Bonchev–Trinajstić information content (AvgIpc) is 2.26. The molecular weight excluding hydrogens is 264 g/mol. The van der Waals surface area contributed by atoms with E-state index in [9.17, 15) is 10.2 Å².